The van der Waals surface area contributed by atoms with Gasteiger partial charge in [-0.25, -0.2) is 4.79 Å². The average Bonchev–Trinajstić information content (AvgIpc) is 2.56. The standard InChI is InChI=1S/C16H15N3O5/c1-2-24-15-7-6-11(8-14(15)19(22)23)10-17-18-13-5-3-4-12(9-13)16(20)21/h3-10,18H,2H2,1H3,(H,20,21). The molecule has 2 aromatic carbocycles. The molecule has 0 saturated carbocycles. The Morgan fingerprint density at radius 3 is 2.83 bits per heavy atom. The maximum Gasteiger partial charge on any atom is 0.335 e. The third kappa shape index (κ3) is 4.29. The van der Waals surface area contributed by atoms with E-state index in [0.717, 1.165) is 0 Å². The zero-order valence-electron chi connectivity index (χ0n) is 12.8. The van der Waals surface area contributed by atoms with Gasteiger partial charge >= 0.3 is 11.7 Å². The van der Waals surface area contributed by atoms with Crippen molar-refractivity contribution in [2.45, 2.75) is 6.92 Å². The summed E-state index contributed by atoms with van der Waals surface area (Å²) in [4.78, 5) is 21.4. The SMILES string of the molecule is CCOc1ccc(C=NNc2cccc(C(=O)O)c2)cc1[N+](=O)[O-]. The molecule has 0 saturated heterocycles. The Kier molecular flexibility index (Phi) is 5.45. The van der Waals surface area contributed by atoms with Crippen LogP contribution in [0.25, 0.3) is 0 Å². The number of benzene rings is 2. The number of hydrogen-bond donors (Lipinski definition) is 2. The van der Waals surface area contributed by atoms with Gasteiger partial charge in [-0.2, -0.15) is 5.10 Å². The van der Waals surface area contributed by atoms with E-state index in [1.165, 1.54) is 30.5 Å². The van der Waals surface area contributed by atoms with Gasteiger partial charge in [-0.15, -0.1) is 0 Å². The quantitative estimate of drug-likeness (QED) is 0.458. The molecule has 24 heavy (non-hydrogen) atoms. The van der Waals surface area contributed by atoms with Crippen molar-refractivity contribution >= 4 is 23.6 Å². The van der Waals surface area contributed by atoms with E-state index in [1.807, 2.05) is 0 Å². The van der Waals surface area contributed by atoms with Crippen LogP contribution in [0.15, 0.2) is 47.6 Å². The summed E-state index contributed by atoms with van der Waals surface area (Å²) in [5, 5.41) is 23.9. The van der Waals surface area contributed by atoms with E-state index in [0.29, 0.717) is 17.9 Å². The van der Waals surface area contributed by atoms with Crippen LogP contribution in [-0.4, -0.2) is 28.8 Å². The first-order chi connectivity index (χ1) is 11.5. The van der Waals surface area contributed by atoms with Gasteiger partial charge in [0.2, 0.25) is 0 Å². The highest BCUT2D eigenvalue weighted by Gasteiger charge is 2.15. The van der Waals surface area contributed by atoms with Crippen molar-refractivity contribution in [1.82, 2.24) is 0 Å². The Hall–Kier alpha value is -3.42. The maximum atomic E-state index is 11.1. The molecule has 0 amide bonds. The first-order valence-corrected chi connectivity index (χ1v) is 7.05. The van der Waals surface area contributed by atoms with Crippen LogP contribution >= 0.6 is 0 Å². The average molecular weight is 329 g/mol. The smallest absolute Gasteiger partial charge is 0.335 e. The molecule has 0 aliphatic heterocycles. The second-order valence-electron chi connectivity index (χ2n) is 4.67. The van der Waals surface area contributed by atoms with Crippen molar-refractivity contribution in [2.24, 2.45) is 5.10 Å². The largest absolute Gasteiger partial charge is 0.487 e. The summed E-state index contributed by atoms with van der Waals surface area (Å²) < 4.78 is 5.21. The van der Waals surface area contributed by atoms with Crippen molar-refractivity contribution in [3.63, 3.8) is 0 Å². The Labute approximate surface area is 137 Å². The second kappa shape index (κ2) is 7.73. The van der Waals surface area contributed by atoms with Gasteiger partial charge in [-0.1, -0.05) is 6.07 Å². The molecule has 0 unspecified atom stereocenters. The molecule has 2 N–H and O–H groups in total. The third-order valence-electron chi connectivity index (χ3n) is 3.00. The van der Waals surface area contributed by atoms with Crippen LogP contribution in [0.3, 0.4) is 0 Å². The molecule has 0 spiro atoms. The number of nitro benzene ring substituents is 1. The Bertz CT molecular complexity index is 789. The molecule has 2 aromatic rings. The van der Waals surface area contributed by atoms with E-state index in [1.54, 1.807) is 25.1 Å². The van der Waals surface area contributed by atoms with Crippen LogP contribution in [0.5, 0.6) is 5.75 Å². The number of carboxylic acids is 1. The molecule has 8 nitrogen and oxygen atoms in total. The molecule has 2 rings (SSSR count). The van der Waals surface area contributed by atoms with Crippen LogP contribution in [0, 0.1) is 10.1 Å². The summed E-state index contributed by atoms with van der Waals surface area (Å²) in [6.07, 6.45) is 1.40. The van der Waals surface area contributed by atoms with Gasteiger partial charge in [-0.3, -0.25) is 15.5 Å². The predicted octanol–water partition coefficient (Wildman–Crippen LogP) is 3.14. The van der Waals surface area contributed by atoms with Crippen molar-refractivity contribution in [3.8, 4) is 5.75 Å². The summed E-state index contributed by atoms with van der Waals surface area (Å²) in [7, 11) is 0. The first-order valence-electron chi connectivity index (χ1n) is 7.05. The summed E-state index contributed by atoms with van der Waals surface area (Å²) in [6.45, 7) is 2.07. The van der Waals surface area contributed by atoms with Crippen molar-refractivity contribution in [1.29, 1.82) is 0 Å². The highest BCUT2D eigenvalue weighted by atomic mass is 16.6. The minimum absolute atomic E-state index is 0.131. The lowest BCUT2D eigenvalue weighted by Gasteiger charge is -2.04. The van der Waals surface area contributed by atoms with Crippen molar-refractivity contribution < 1.29 is 19.6 Å². The van der Waals surface area contributed by atoms with Gasteiger partial charge in [0, 0.05) is 11.6 Å². The molecule has 124 valence electrons. The molecule has 0 radical (unpaired) electrons. The zero-order chi connectivity index (χ0) is 17.5. The monoisotopic (exact) mass is 329 g/mol. The molecule has 0 aliphatic carbocycles. The van der Waals surface area contributed by atoms with Crippen molar-refractivity contribution in [3.05, 3.63) is 63.7 Å². The fourth-order valence-corrected chi connectivity index (χ4v) is 1.94. The minimum Gasteiger partial charge on any atom is -0.487 e. The van der Waals surface area contributed by atoms with Crippen LogP contribution in [-0.2, 0) is 0 Å². The number of rotatable bonds is 7. The highest BCUT2D eigenvalue weighted by molar-refractivity contribution is 5.89. The molecule has 0 heterocycles. The molecule has 0 aliphatic rings. The van der Waals surface area contributed by atoms with Crippen LogP contribution in [0.2, 0.25) is 0 Å². The zero-order valence-corrected chi connectivity index (χ0v) is 12.8. The topological polar surface area (TPSA) is 114 Å². The number of hydrogen-bond acceptors (Lipinski definition) is 6. The molecule has 0 bridgehead atoms. The van der Waals surface area contributed by atoms with E-state index in [-0.39, 0.29) is 17.0 Å². The van der Waals surface area contributed by atoms with Crippen LogP contribution in [0.4, 0.5) is 11.4 Å². The number of carbonyl (C=O) groups is 1. The van der Waals surface area contributed by atoms with E-state index >= 15 is 0 Å². The predicted molar refractivity (Wildman–Crippen MR) is 88.9 cm³/mol. The number of nitrogens with zero attached hydrogens (tertiary/aromatic N) is 2. The van der Waals surface area contributed by atoms with Gasteiger partial charge in [0.15, 0.2) is 5.75 Å². The van der Waals surface area contributed by atoms with Gasteiger partial charge in [-0.05, 0) is 37.3 Å². The lowest BCUT2D eigenvalue weighted by molar-refractivity contribution is -0.385. The lowest BCUT2D eigenvalue weighted by atomic mass is 10.2. The fourth-order valence-electron chi connectivity index (χ4n) is 1.94. The van der Waals surface area contributed by atoms with Crippen LogP contribution in [0.1, 0.15) is 22.8 Å². The summed E-state index contributed by atoms with van der Waals surface area (Å²) in [5.74, 6) is -0.841. The summed E-state index contributed by atoms with van der Waals surface area (Å²) >= 11 is 0. The number of hydrazone groups is 1. The lowest BCUT2D eigenvalue weighted by Crippen LogP contribution is -1.99. The molecule has 0 fully saturated rings. The van der Waals surface area contributed by atoms with Gasteiger partial charge in [0.05, 0.1) is 29.0 Å². The highest BCUT2D eigenvalue weighted by Crippen LogP contribution is 2.27. The maximum absolute atomic E-state index is 11.1. The van der Waals surface area contributed by atoms with E-state index in [4.69, 9.17) is 9.84 Å². The van der Waals surface area contributed by atoms with Gasteiger partial charge in [0.25, 0.3) is 0 Å². The minimum atomic E-state index is -1.04. The molecular weight excluding hydrogens is 314 g/mol. The number of aromatic carboxylic acids is 1. The second-order valence-corrected chi connectivity index (χ2v) is 4.67. The van der Waals surface area contributed by atoms with Gasteiger partial charge < -0.3 is 9.84 Å². The Morgan fingerprint density at radius 1 is 1.38 bits per heavy atom. The Morgan fingerprint density at radius 2 is 2.17 bits per heavy atom. The summed E-state index contributed by atoms with van der Waals surface area (Å²) in [6, 6.07) is 10.6. The molecular formula is C16H15N3O5. The first kappa shape index (κ1) is 16.9. The number of nitrogens with one attached hydrogen (secondary N) is 1. The van der Waals surface area contributed by atoms with Gasteiger partial charge in [0.1, 0.15) is 0 Å². The number of carboxylic acid groups (broad SMARTS) is 1. The van der Waals surface area contributed by atoms with Crippen molar-refractivity contribution in [2.75, 3.05) is 12.0 Å². The van der Waals surface area contributed by atoms with Crippen LogP contribution < -0.4 is 10.2 Å². The van der Waals surface area contributed by atoms with E-state index in [2.05, 4.69) is 10.5 Å². The van der Waals surface area contributed by atoms with E-state index in [9.17, 15) is 14.9 Å². The fraction of sp³-hybridized carbons (Fsp3) is 0.125. The molecule has 8 heteroatoms. The normalized spacial score (nSPS) is 10.5. The third-order valence-corrected chi connectivity index (χ3v) is 3.00. The number of anilines is 1. The summed E-state index contributed by atoms with van der Waals surface area (Å²) in [5.41, 5.74) is 3.67. The number of nitro groups is 1. The number of ether oxygens (including phenoxy) is 1. The molecule has 0 aromatic heterocycles. The molecule has 0 atom stereocenters. The Balaban J connectivity index is 2.14. The van der Waals surface area contributed by atoms with E-state index < -0.39 is 10.9 Å².